The molecule has 0 heterocycles. The number of nitrogens with two attached hydrogens (primary N) is 5. The molecule has 10 rings (SSSR count). The van der Waals surface area contributed by atoms with Gasteiger partial charge in [-0.1, -0.05) is 66.7 Å². The maximum atomic E-state index is 11.1. The quantitative estimate of drug-likeness (QED) is 0.0564. The van der Waals surface area contributed by atoms with Crippen LogP contribution >= 0.6 is 0 Å². The summed E-state index contributed by atoms with van der Waals surface area (Å²) in [5.74, 6) is 0. The summed E-state index contributed by atoms with van der Waals surface area (Å²) in [6.45, 7) is 0. The van der Waals surface area contributed by atoms with E-state index in [1.165, 1.54) is 54.6 Å². The van der Waals surface area contributed by atoms with Crippen LogP contribution in [0.2, 0.25) is 0 Å². The molecule has 10 aromatic rings. The van der Waals surface area contributed by atoms with Gasteiger partial charge in [-0.2, -0.15) is 50.5 Å². The van der Waals surface area contributed by atoms with Gasteiger partial charge in [0.2, 0.25) is 0 Å². The van der Waals surface area contributed by atoms with Gasteiger partial charge in [0.1, 0.15) is 14.7 Å². The Morgan fingerprint density at radius 3 is 1.05 bits per heavy atom. The Morgan fingerprint density at radius 1 is 0.241 bits per heavy atom. The molecule has 16 N–H and O–H groups in total. The van der Waals surface area contributed by atoms with Crippen molar-refractivity contribution in [3.63, 3.8) is 0 Å². The van der Waals surface area contributed by atoms with Crippen LogP contribution in [0.4, 0.5) is 28.4 Å². The van der Waals surface area contributed by atoms with Crippen molar-refractivity contribution in [2.24, 2.45) is 0 Å². The molecule has 0 aliphatic heterocycles. The van der Waals surface area contributed by atoms with Gasteiger partial charge in [-0.05, 0) is 152 Å². The van der Waals surface area contributed by atoms with E-state index in [1.54, 1.807) is 103 Å². The lowest BCUT2D eigenvalue weighted by atomic mass is 10.1. The molecule has 414 valence electrons. The number of anilines is 5. The van der Waals surface area contributed by atoms with Crippen LogP contribution < -0.4 is 28.7 Å². The van der Waals surface area contributed by atoms with Gasteiger partial charge in [0.05, 0.1) is 20.4 Å². The molecular formula is C50H45N5O18S6. The van der Waals surface area contributed by atoms with E-state index < -0.39 is 65.6 Å². The topological polar surface area (TPSA) is 456 Å². The van der Waals surface area contributed by atoms with Crippen LogP contribution in [0.25, 0.3) is 53.9 Å². The van der Waals surface area contributed by atoms with E-state index in [2.05, 4.69) is 0 Å². The van der Waals surface area contributed by atoms with E-state index in [0.29, 0.717) is 49.7 Å². The third kappa shape index (κ3) is 15.8. The zero-order valence-corrected chi connectivity index (χ0v) is 45.1. The fourth-order valence-electron chi connectivity index (χ4n) is 7.45. The Balaban J connectivity index is 0.000000160. The van der Waals surface area contributed by atoms with Crippen molar-refractivity contribution in [3.8, 4) is 0 Å². The van der Waals surface area contributed by atoms with Gasteiger partial charge in [0, 0.05) is 33.5 Å². The zero-order valence-electron chi connectivity index (χ0n) is 40.2. The minimum Gasteiger partial charge on any atom is -0.399 e. The van der Waals surface area contributed by atoms with E-state index in [9.17, 15) is 50.5 Å². The highest BCUT2D eigenvalue weighted by Crippen LogP contribution is 2.29. The SMILES string of the molecule is Nc1cc2ccc(S(=O)(=O)O)cc2cc1S(=O)(=O)O.Nc1ccc2c(S(=O)(=O)O)cccc2c1.Nc1ccc2cc(S(=O)(=O)O)ccc2c1.Nc1ccc2ccc(S(=O)(=O)O)cc2c1.Nc1ccc2cccc(S(=O)(=O)O)c2c1. The molecule has 29 heteroatoms. The molecule has 0 amide bonds. The molecule has 0 aromatic heterocycles. The predicted molar refractivity (Wildman–Crippen MR) is 301 cm³/mol. The van der Waals surface area contributed by atoms with Crippen LogP contribution in [0.5, 0.6) is 0 Å². The van der Waals surface area contributed by atoms with Gasteiger partial charge in [-0.15, -0.1) is 0 Å². The molecule has 0 radical (unpaired) electrons. The van der Waals surface area contributed by atoms with Crippen molar-refractivity contribution in [1.82, 2.24) is 0 Å². The van der Waals surface area contributed by atoms with Crippen molar-refractivity contribution in [2.45, 2.75) is 29.4 Å². The number of hydrogen-bond acceptors (Lipinski definition) is 17. The van der Waals surface area contributed by atoms with Crippen molar-refractivity contribution in [3.05, 3.63) is 176 Å². The second kappa shape index (κ2) is 23.1. The van der Waals surface area contributed by atoms with Crippen LogP contribution in [0.3, 0.4) is 0 Å². The van der Waals surface area contributed by atoms with Crippen LogP contribution in [0.1, 0.15) is 0 Å². The fraction of sp³-hybridized carbons (Fsp3) is 0. The lowest BCUT2D eigenvalue weighted by Crippen LogP contribution is -2.03. The van der Waals surface area contributed by atoms with Gasteiger partial charge in [0.15, 0.2) is 0 Å². The molecule has 0 fully saturated rings. The van der Waals surface area contributed by atoms with Crippen LogP contribution in [0, 0.1) is 0 Å². The Bertz CT molecular complexity index is 4730. The summed E-state index contributed by atoms with van der Waals surface area (Å²) in [4.78, 5) is -1.36. The summed E-state index contributed by atoms with van der Waals surface area (Å²) in [5.41, 5.74) is 29.8. The van der Waals surface area contributed by atoms with Crippen LogP contribution in [0.15, 0.2) is 205 Å². The first-order valence-corrected chi connectivity index (χ1v) is 30.5. The van der Waals surface area contributed by atoms with E-state index in [4.69, 9.17) is 56.0 Å². The van der Waals surface area contributed by atoms with Crippen molar-refractivity contribution < 1.29 is 77.8 Å². The summed E-state index contributed by atoms with van der Waals surface area (Å²) in [6, 6.07) is 44.0. The van der Waals surface area contributed by atoms with Gasteiger partial charge < -0.3 is 28.7 Å². The van der Waals surface area contributed by atoms with Gasteiger partial charge in [0.25, 0.3) is 60.7 Å². The van der Waals surface area contributed by atoms with E-state index >= 15 is 0 Å². The molecule has 0 saturated heterocycles. The van der Waals surface area contributed by atoms with Crippen molar-refractivity contribution in [2.75, 3.05) is 28.7 Å². The number of hydrogen-bond donors (Lipinski definition) is 11. The third-order valence-electron chi connectivity index (χ3n) is 11.1. The molecule has 0 bridgehead atoms. The highest BCUT2D eigenvalue weighted by Gasteiger charge is 2.18. The maximum Gasteiger partial charge on any atom is 0.296 e. The molecule has 0 atom stereocenters. The number of rotatable bonds is 6. The first-order chi connectivity index (χ1) is 36.5. The van der Waals surface area contributed by atoms with Crippen LogP contribution in [-0.2, 0) is 60.7 Å². The summed E-state index contributed by atoms with van der Waals surface area (Å²) in [7, 11) is -25.6. The third-order valence-corrected chi connectivity index (χ3v) is 16.4. The minimum absolute atomic E-state index is 0.0972. The standard InChI is InChI=1S/C10H9NO6S2.4C10H9NO3S/c11-9-4-6-1-2-8(18(12,13)14)3-7(6)5-10(9)19(15,16)17;11-9-3-1-8-6-10(15(12,13)14)4-2-7(8)5-9;11-9-3-1-7-2-4-10(15(12,13)14)6-8(7)5-9;11-8-4-5-9-7(6-8)2-1-3-10(9)15(12,13)14;11-8-5-4-7-2-1-3-10(9(7)6-8)15(12,13)14/h1-5H,11H2,(H,12,13,14)(H,15,16,17);4*1-6H,11H2,(H,12,13,14). The average Bonchev–Trinajstić information content (AvgIpc) is 3.40. The monoisotopic (exact) mass is 1200 g/mol. The van der Waals surface area contributed by atoms with E-state index in [0.717, 1.165) is 39.7 Å². The largest absolute Gasteiger partial charge is 0.399 e. The molecule has 0 aliphatic rings. The lowest BCUT2D eigenvalue weighted by Gasteiger charge is -2.06. The molecule has 10 aromatic carbocycles. The Morgan fingerprint density at radius 2 is 0.570 bits per heavy atom. The van der Waals surface area contributed by atoms with E-state index in [-0.39, 0.29) is 35.6 Å². The molecule has 0 spiro atoms. The molecule has 0 aliphatic carbocycles. The van der Waals surface area contributed by atoms with Crippen molar-refractivity contribution >= 4 is 143 Å². The van der Waals surface area contributed by atoms with Gasteiger partial charge >= 0.3 is 0 Å². The molecule has 79 heavy (non-hydrogen) atoms. The summed E-state index contributed by atoms with van der Waals surface area (Å²) in [6.07, 6.45) is 0. The molecule has 23 nitrogen and oxygen atoms in total. The lowest BCUT2D eigenvalue weighted by molar-refractivity contribution is 0.481. The number of nitrogen functional groups attached to an aromatic ring is 5. The second-order valence-electron chi connectivity index (χ2n) is 16.8. The first kappa shape index (κ1) is 60.2. The Labute approximate surface area is 452 Å². The van der Waals surface area contributed by atoms with Crippen LogP contribution in [-0.4, -0.2) is 77.8 Å². The van der Waals surface area contributed by atoms with Crippen molar-refractivity contribution in [1.29, 1.82) is 0 Å². The highest BCUT2D eigenvalue weighted by atomic mass is 32.2. The normalized spacial score (nSPS) is 12.0. The predicted octanol–water partition coefficient (Wildman–Crippen LogP) is 7.59. The van der Waals surface area contributed by atoms with Gasteiger partial charge in [-0.25, -0.2) is 0 Å². The Kier molecular flexibility index (Phi) is 17.6. The Hall–Kier alpha value is -8.04. The minimum atomic E-state index is -4.51. The maximum absolute atomic E-state index is 11.1. The number of fused-ring (bicyclic) bond motifs is 5. The summed E-state index contributed by atoms with van der Waals surface area (Å²) in [5, 5.41) is 6.09. The number of benzene rings is 10. The van der Waals surface area contributed by atoms with Gasteiger partial charge in [-0.3, -0.25) is 27.3 Å². The fourth-order valence-corrected chi connectivity index (χ4v) is 11.0. The molecular weight excluding hydrogens is 1150 g/mol. The first-order valence-electron chi connectivity index (χ1n) is 21.8. The van der Waals surface area contributed by atoms with E-state index in [1.807, 2.05) is 0 Å². The summed E-state index contributed by atoms with van der Waals surface area (Å²) >= 11 is 0. The molecule has 0 saturated carbocycles. The smallest absolute Gasteiger partial charge is 0.296 e. The zero-order chi connectivity index (χ0) is 58.6. The average molecular weight is 1200 g/mol. The molecule has 0 unspecified atom stereocenters. The second-order valence-corrected chi connectivity index (χ2v) is 25.2. The highest BCUT2D eigenvalue weighted by molar-refractivity contribution is 7.87. The summed E-state index contributed by atoms with van der Waals surface area (Å²) < 4.78 is 186.